The molecule has 65 heavy (non-hydrogen) atoms. The van der Waals surface area contributed by atoms with Gasteiger partial charge >= 0.3 is 5.97 Å². The summed E-state index contributed by atoms with van der Waals surface area (Å²) in [5.74, 6) is 13.9. The summed E-state index contributed by atoms with van der Waals surface area (Å²) in [6, 6.07) is 25.7. The van der Waals surface area contributed by atoms with E-state index in [1.165, 1.54) is 22.3 Å². The molecule has 0 saturated heterocycles. The Morgan fingerprint density at radius 2 is 1.00 bits per heavy atom. The normalized spacial score (nSPS) is 15.2. The number of carbonyl (C=O) groups is 1. The Balaban J connectivity index is 0.000000253. The second-order valence-electron chi connectivity index (χ2n) is 18.7. The van der Waals surface area contributed by atoms with Crippen molar-refractivity contribution in [3.05, 3.63) is 128 Å². The maximum Gasteiger partial charge on any atom is 0.305 e. The molecule has 3 N–H and O–H groups in total. The fourth-order valence-electron chi connectivity index (χ4n) is 10.1. The van der Waals surface area contributed by atoms with Crippen molar-refractivity contribution < 1.29 is 29.6 Å². The molecule has 6 rings (SSSR count). The maximum atomic E-state index is 11.5. The Hall–Kier alpha value is -5.01. The summed E-state index contributed by atoms with van der Waals surface area (Å²) in [6.07, 6.45) is 13.3. The highest BCUT2D eigenvalue weighted by molar-refractivity contribution is 5.69. The number of rotatable bonds is 15. The molecule has 0 bridgehead atoms. The first kappa shape index (κ1) is 51.0. The summed E-state index contributed by atoms with van der Waals surface area (Å²) in [7, 11) is 0. The van der Waals surface area contributed by atoms with Gasteiger partial charge in [0.1, 0.15) is 22.7 Å². The largest absolute Gasteiger partial charge is 0.508 e. The average Bonchev–Trinajstić information content (AvgIpc) is 3.94. The molecular formula is C59H76O6. The maximum absolute atomic E-state index is 11.5. The van der Waals surface area contributed by atoms with Crippen molar-refractivity contribution in [2.75, 3.05) is 13.2 Å². The standard InChI is InChI=1S/C33H44O4.C26H32O2/c1-6-33(7-2,28-15-14-27(25(4)23-28)18-21-32(35)19-10-11-20-32)29-16-17-30(26(5)24-29)37-22-12-9-13-31(34)36-8-3;1-5-26(6-2,23-11-12-24(27)20(4)18-23)22-10-9-21(19(3)17-22)13-16-25(28)14-7-8-15-25/h14-17,23-24,35H,6-13,19-20,22H2,1-5H3;9-12,17-18,27-28H,5-8,14-15H2,1-4H3. The summed E-state index contributed by atoms with van der Waals surface area (Å²) in [4.78, 5) is 11.5. The molecule has 2 aliphatic rings. The minimum atomic E-state index is -0.816. The van der Waals surface area contributed by atoms with E-state index in [2.05, 4.69) is 133 Å². The van der Waals surface area contributed by atoms with Crippen LogP contribution in [0, 0.1) is 51.4 Å². The number of phenolic OH excluding ortho intramolecular Hbond substituents is 1. The third-order valence-corrected chi connectivity index (χ3v) is 14.5. The van der Waals surface area contributed by atoms with Crippen LogP contribution >= 0.6 is 0 Å². The number of carbonyl (C=O) groups excluding carboxylic acids is 1. The summed E-state index contributed by atoms with van der Waals surface area (Å²) in [5, 5.41) is 31.1. The van der Waals surface area contributed by atoms with Gasteiger partial charge < -0.3 is 24.8 Å². The zero-order valence-electron chi connectivity index (χ0n) is 41.0. The van der Waals surface area contributed by atoms with Gasteiger partial charge in [-0.2, -0.15) is 0 Å². The SMILES string of the molecule is CCC(CC)(c1ccc(O)c(C)c1)c1ccc(C#CC2(O)CCCC2)c(C)c1.CCOC(=O)CCCCOc1ccc(C(CC)(CC)c2ccc(C#CC3(O)CCCC3)c(C)c2)cc1C. The number of ether oxygens (including phenoxy) is 2. The summed E-state index contributed by atoms with van der Waals surface area (Å²) in [5.41, 5.74) is 9.64. The zero-order chi connectivity index (χ0) is 47.3. The van der Waals surface area contributed by atoms with Crippen LogP contribution in [-0.2, 0) is 20.4 Å². The molecule has 0 atom stereocenters. The molecular weight excluding hydrogens is 805 g/mol. The number of aryl methyl sites for hydroxylation is 4. The van der Waals surface area contributed by atoms with E-state index >= 15 is 0 Å². The van der Waals surface area contributed by atoms with Crippen LogP contribution in [0.4, 0.5) is 0 Å². The highest BCUT2D eigenvalue weighted by atomic mass is 16.5. The minimum Gasteiger partial charge on any atom is -0.508 e. The van der Waals surface area contributed by atoms with Crippen LogP contribution in [0.3, 0.4) is 0 Å². The van der Waals surface area contributed by atoms with E-state index in [0.29, 0.717) is 25.4 Å². The summed E-state index contributed by atoms with van der Waals surface area (Å²) < 4.78 is 11.0. The molecule has 2 aliphatic carbocycles. The molecule has 0 heterocycles. The highest BCUT2D eigenvalue weighted by Crippen LogP contribution is 2.42. The topological polar surface area (TPSA) is 96.2 Å². The van der Waals surface area contributed by atoms with Crippen LogP contribution in [0.5, 0.6) is 11.5 Å². The highest BCUT2D eigenvalue weighted by Gasteiger charge is 2.34. The van der Waals surface area contributed by atoms with Crippen molar-refractivity contribution >= 4 is 5.97 Å². The van der Waals surface area contributed by atoms with Gasteiger partial charge in [0.2, 0.25) is 0 Å². The number of hydrogen-bond acceptors (Lipinski definition) is 6. The number of aromatic hydroxyl groups is 1. The van der Waals surface area contributed by atoms with Crippen LogP contribution in [0.15, 0.2) is 72.8 Å². The third-order valence-electron chi connectivity index (χ3n) is 14.5. The summed E-state index contributed by atoms with van der Waals surface area (Å²) in [6.45, 7) is 20.1. The van der Waals surface area contributed by atoms with Crippen molar-refractivity contribution in [2.24, 2.45) is 0 Å². The Labute approximate surface area is 391 Å². The molecule has 6 nitrogen and oxygen atoms in total. The molecule has 0 aromatic heterocycles. The zero-order valence-corrected chi connectivity index (χ0v) is 41.0. The Morgan fingerprint density at radius 1 is 0.585 bits per heavy atom. The number of esters is 1. The molecule has 0 unspecified atom stereocenters. The lowest BCUT2D eigenvalue weighted by atomic mass is 9.70. The average molecular weight is 881 g/mol. The van der Waals surface area contributed by atoms with E-state index in [0.717, 1.165) is 129 Å². The van der Waals surface area contributed by atoms with E-state index < -0.39 is 11.2 Å². The second kappa shape index (κ2) is 22.9. The van der Waals surface area contributed by atoms with E-state index in [1.807, 2.05) is 19.9 Å². The van der Waals surface area contributed by atoms with Crippen molar-refractivity contribution in [2.45, 2.75) is 181 Å². The van der Waals surface area contributed by atoms with Gasteiger partial charge in [0, 0.05) is 28.4 Å². The van der Waals surface area contributed by atoms with Gasteiger partial charge in [0.05, 0.1) is 13.2 Å². The Kier molecular flexibility index (Phi) is 18.0. The van der Waals surface area contributed by atoms with Gasteiger partial charge in [0.25, 0.3) is 0 Å². The first-order valence-electron chi connectivity index (χ1n) is 24.5. The van der Waals surface area contributed by atoms with Crippen molar-refractivity contribution in [1.82, 2.24) is 0 Å². The third kappa shape index (κ3) is 12.5. The fraction of sp³-hybridized carbons (Fsp3) is 0.508. The molecule has 6 heteroatoms. The van der Waals surface area contributed by atoms with Crippen LogP contribution < -0.4 is 4.74 Å². The quantitative estimate of drug-likeness (QED) is 0.0625. The van der Waals surface area contributed by atoms with Gasteiger partial charge in [0.15, 0.2) is 0 Å². The fourth-order valence-corrected chi connectivity index (χ4v) is 10.1. The lowest BCUT2D eigenvalue weighted by molar-refractivity contribution is -0.143. The van der Waals surface area contributed by atoms with Gasteiger partial charge in [-0.15, -0.1) is 0 Å². The predicted octanol–water partition coefficient (Wildman–Crippen LogP) is 13.0. The first-order valence-corrected chi connectivity index (χ1v) is 24.5. The van der Waals surface area contributed by atoms with E-state index in [4.69, 9.17) is 9.47 Å². The van der Waals surface area contributed by atoms with Gasteiger partial charge in [-0.05, 0) is 193 Å². The minimum absolute atomic E-state index is 0.0845. The smallest absolute Gasteiger partial charge is 0.305 e. The summed E-state index contributed by atoms with van der Waals surface area (Å²) >= 11 is 0. The second-order valence-corrected chi connectivity index (χ2v) is 18.7. The van der Waals surface area contributed by atoms with Crippen molar-refractivity contribution in [3.63, 3.8) is 0 Å². The number of aliphatic hydroxyl groups is 2. The molecule has 2 fully saturated rings. The lowest BCUT2D eigenvalue weighted by Gasteiger charge is -2.34. The van der Waals surface area contributed by atoms with Crippen LogP contribution in [-0.4, -0.2) is 45.7 Å². The monoisotopic (exact) mass is 881 g/mol. The number of phenols is 1. The van der Waals surface area contributed by atoms with E-state index in [-0.39, 0.29) is 16.8 Å². The van der Waals surface area contributed by atoms with Gasteiger partial charge in [-0.3, -0.25) is 4.79 Å². The molecule has 2 saturated carbocycles. The van der Waals surface area contributed by atoms with Crippen molar-refractivity contribution in [1.29, 1.82) is 0 Å². The molecule has 4 aromatic carbocycles. The van der Waals surface area contributed by atoms with E-state index in [9.17, 15) is 20.1 Å². The van der Waals surface area contributed by atoms with Crippen LogP contribution in [0.1, 0.15) is 187 Å². The van der Waals surface area contributed by atoms with Crippen LogP contribution in [0.2, 0.25) is 0 Å². The predicted molar refractivity (Wildman–Crippen MR) is 266 cm³/mol. The molecule has 348 valence electrons. The molecule has 0 amide bonds. The Morgan fingerprint density at radius 3 is 1.40 bits per heavy atom. The first-order chi connectivity index (χ1) is 31.1. The number of unbranched alkanes of at least 4 members (excludes halogenated alkanes) is 1. The molecule has 0 spiro atoms. The van der Waals surface area contributed by atoms with Gasteiger partial charge in [-0.25, -0.2) is 0 Å². The number of hydrogen-bond donors (Lipinski definition) is 3. The van der Waals surface area contributed by atoms with Gasteiger partial charge in [-0.1, -0.05) is 99.9 Å². The molecule has 0 aliphatic heterocycles. The molecule has 0 radical (unpaired) electrons. The van der Waals surface area contributed by atoms with Crippen molar-refractivity contribution in [3.8, 4) is 35.2 Å². The lowest BCUT2D eigenvalue weighted by Crippen LogP contribution is -2.26. The molecule has 4 aromatic rings. The van der Waals surface area contributed by atoms with Crippen LogP contribution in [0.25, 0.3) is 0 Å². The van der Waals surface area contributed by atoms with E-state index in [1.54, 1.807) is 6.07 Å². The Bertz CT molecular complexity index is 2350. The number of benzene rings is 4.